The van der Waals surface area contributed by atoms with Gasteiger partial charge in [-0.3, -0.25) is 14.5 Å². The maximum atomic E-state index is 14.0. The van der Waals surface area contributed by atoms with Gasteiger partial charge in [0.25, 0.3) is 5.91 Å². The van der Waals surface area contributed by atoms with Crippen molar-refractivity contribution < 1.29 is 23.5 Å². The molecular weight excluding hydrogens is 437 g/mol. The van der Waals surface area contributed by atoms with Gasteiger partial charge in [0.15, 0.2) is 11.6 Å². The maximum absolute atomic E-state index is 14.0. The molecule has 1 N–H and O–H groups in total. The number of nitrogens with zero attached hydrogens (tertiary/aromatic N) is 2. The van der Waals surface area contributed by atoms with E-state index in [0.29, 0.717) is 29.1 Å². The van der Waals surface area contributed by atoms with Crippen molar-refractivity contribution in [3.63, 3.8) is 0 Å². The van der Waals surface area contributed by atoms with E-state index in [9.17, 15) is 18.8 Å². The lowest BCUT2D eigenvalue weighted by atomic mass is 9.87. The van der Waals surface area contributed by atoms with Crippen molar-refractivity contribution in [3.05, 3.63) is 64.4 Å². The normalized spacial score (nSPS) is 18.0. The van der Waals surface area contributed by atoms with Crippen LogP contribution in [0.2, 0.25) is 5.02 Å². The second kappa shape index (κ2) is 9.56. The predicted octanol–water partition coefficient (Wildman–Crippen LogP) is 3.69. The highest BCUT2D eigenvalue weighted by Gasteiger charge is 2.51. The molecular formula is C23H25ClFN3O4. The van der Waals surface area contributed by atoms with Gasteiger partial charge < -0.3 is 15.0 Å². The summed E-state index contributed by atoms with van der Waals surface area (Å²) in [7, 11) is 1.37. The van der Waals surface area contributed by atoms with Crippen molar-refractivity contribution in [3.8, 4) is 5.75 Å². The first-order chi connectivity index (χ1) is 15.2. The molecule has 7 nitrogen and oxygen atoms in total. The Balaban J connectivity index is 1.77. The number of imide groups is 1. The Hall–Kier alpha value is -3.13. The molecule has 170 valence electrons. The van der Waals surface area contributed by atoms with Gasteiger partial charge in [-0.25, -0.2) is 9.18 Å². The third-order valence-electron chi connectivity index (χ3n) is 5.66. The number of hydrogen-bond donors (Lipinski definition) is 1. The SMILES string of the molecule is CCN(Cc1ccc(OC)c(F)c1)C(=O)CN1C(=O)NC(CC)(c2ccc(Cl)cc2)C1=O. The van der Waals surface area contributed by atoms with E-state index in [1.54, 1.807) is 44.2 Å². The van der Waals surface area contributed by atoms with Crippen molar-refractivity contribution in [1.82, 2.24) is 15.1 Å². The number of likely N-dealkylation sites (N-methyl/N-ethyl adjacent to an activating group) is 1. The summed E-state index contributed by atoms with van der Waals surface area (Å²) < 4.78 is 18.9. The highest BCUT2D eigenvalue weighted by atomic mass is 35.5. The van der Waals surface area contributed by atoms with Crippen LogP contribution < -0.4 is 10.1 Å². The summed E-state index contributed by atoms with van der Waals surface area (Å²) in [5.74, 6) is -1.33. The fourth-order valence-corrected chi connectivity index (χ4v) is 3.91. The molecule has 4 amide bonds. The van der Waals surface area contributed by atoms with Gasteiger partial charge in [0.05, 0.1) is 7.11 Å². The number of ether oxygens (including phenoxy) is 1. The fraction of sp³-hybridized carbons (Fsp3) is 0.348. The van der Waals surface area contributed by atoms with Crippen molar-refractivity contribution in [1.29, 1.82) is 0 Å². The number of hydrogen-bond acceptors (Lipinski definition) is 4. The van der Waals surface area contributed by atoms with Gasteiger partial charge in [0.2, 0.25) is 5.91 Å². The van der Waals surface area contributed by atoms with Gasteiger partial charge in [0, 0.05) is 18.1 Å². The number of halogens is 2. The molecule has 1 aliphatic rings. The Bertz CT molecular complexity index is 1030. The van der Waals surface area contributed by atoms with E-state index < -0.39 is 35.7 Å². The molecule has 1 atom stereocenters. The molecule has 1 unspecified atom stereocenters. The molecule has 1 aliphatic heterocycles. The van der Waals surface area contributed by atoms with E-state index in [1.807, 2.05) is 0 Å². The molecule has 0 spiro atoms. The first kappa shape index (κ1) is 23.5. The van der Waals surface area contributed by atoms with Gasteiger partial charge in [-0.15, -0.1) is 0 Å². The quantitative estimate of drug-likeness (QED) is 0.608. The summed E-state index contributed by atoms with van der Waals surface area (Å²) in [4.78, 5) is 41.2. The lowest BCUT2D eigenvalue weighted by molar-refractivity contribution is -0.139. The third kappa shape index (κ3) is 4.41. The summed E-state index contributed by atoms with van der Waals surface area (Å²) >= 11 is 5.95. The Kier molecular flexibility index (Phi) is 7.03. The molecule has 2 aromatic carbocycles. The van der Waals surface area contributed by atoms with E-state index in [-0.39, 0.29) is 12.3 Å². The number of methoxy groups -OCH3 is 1. The number of carbonyl (C=O) groups excluding carboxylic acids is 3. The first-order valence-corrected chi connectivity index (χ1v) is 10.6. The van der Waals surface area contributed by atoms with Crippen molar-refractivity contribution in [2.75, 3.05) is 20.2 Å². The predicted molar refractivity (Wildman–Crippen MR) is 118 cm³/mol. The average Bonchev–Trinajstić information content (AvgIpc) is 3.03. The Labute approximate surface area is 191 Å². The standard InChI is InChI=1S/C23H25ClFN3O4/c1-4-23(16-7-9-17(24)10-8-16)21(30)28(22(31)26-23)14-20(29)27(5-2)13-15-6-11-19(32-3)18(25)12-15/h6-12H,4-5,13-14H2,1-3H3,(H,26,31). The molecule has 3 rings (SSSR count). The van der Waals surface area contributed by atoms with Crippen molar-refractivity contribution in [2.45, 2.75) is 32.4 Å². The van der Waals surface area contributed by atoms with Crippen LogP contribution in [0.1, 0.15) is 31.4 Å². The molecule has 1 heterocycles. The Morgan fingerprint density at radius 3 is 2.44 bits per heavy atom. The largest absolute Gasteiger partial charge is 0.494 e. The van der Waals surface area contributed by atoms with Crippen LogP contribution in [0.3, 0.4) is 0 Å². The number of benzene rings is 2. The van der Waals surface area contributed by atoms with Gasteiger partial charge in [-0.05, 0) is 48.7 Å². The topological polar surface area (TPSA) is 79.0 Å². The van der Waals surface area contributed by atoms with E-state index >= 15 is 0 Å². The van der Waals surface area contributed by atoms with Crippen LogP contribution in [0.25, 0.3) is 0 Å². The first-order valence-electron chi connectivity index (χ1n) is 10.3. The van der Waals surface area contributed by atoms with Crippen LogP contribution in [0, 0.1) is 5.82 Å². The minimum Gasteiger partial charge on any atom is -0.494 e. The summed E-state index contributed by atoms with van der Waals surface area (Å²) in [5, 5.41) is 3.26. The lowest BCUT2D eigenvalue weighted by Gasteiger charge is -2.26. The minimum atomic E-state index is -1.25. The van der Waals surface area contributed by atoms with Gasteiger partial charge in [-0.1, -0.05) is 36.7 Å². The summed E-state index contributed by atoms with van der Waals surface area (Å²) in [6.45, 7) is 3.61. The second-order valence-electron chi connectivity index (χ2n) is 7.46. The van der Waals surface area contributed by atoms with E-state index in [0.717, 1.165) is 4.90 Å². The molecule has 1 saturated heterocycles. The summed E-state index contributed by atoms with van der Waals surface area (Å²) in [6.07, 6.45) is 0.312. The molecule has 0 bridgehead atoms. The van der Waals surface area contributed by atoms with Crippen LogP contribution in [-0.2, 0) is 21.7 Å². The van der Waals surface area contributed by atoms with Gasteiger partial charge in [0.1, 0.15) is 12.1 Å². The third-order valence-corrected chi connectivity index (χ3v) is 5.91. The lowest BCUT2D eigenvalue weighted by Crippen LogP contribution is -2.45. The molecule has 0 aromatic heterocycles. The zero-order valence-corrected chi connectivity index (χ0v) is 18.9. The second-order valence-corrected chi connectivity index (χ2v) is 7.90. The van der Waals surface area contributed by atoms with E-state index in [1.165, 1.54) is 24.1 Å². The average molecular weight is 462 g/mol. The Morgan fingerprint density at radius 2 is 1.88 bits per heavy atom. The fourth-order valence-electron chi connectivity index (χ4n) is 3.78. The van der Waals surface area contributed by atoms with E-state index in [2.05, 4.69) is 5.32 Å². The number of nitrogens with one attached hydrogen (secondary N) is 1. The highest BCUT2D eigenvalue weighted by molar-refractivity contribution is 6.30. The smallest absolute Gasteiger partial charge is 0.325 e. The monoisotopic (exact) mass is 461 g/mol. The summed E-state index contributed by atoms with van der Waals surface area (Å²) in [5.41, 5.74) is -0.0866. The molecule has 9 heteroatoms. The molecule has 0 radical (unpaired) electrons. The van der Waals surface area contributed by atoms with Gasteiger partial charge in [-0.2, -0.15) is 0 Å². The molecule has 0 aliphatic carbocycles. The highest BCUT2D eigenvalue weighted by Crippen LogP contribution is 2.33. The van der Waals surface area contributed by atoms with Crippen molar-refractivity contribution in [2.24, 2.45) is 0 Å². The number of carbonyl (C=O) groups is 3. The zero-order valence-electron chi connectivity index (χ0n) is 18.2. The molecule has 1 fully saturated rings. The van der Waals surface area contributed by atoms with Crippen LogP contribution in [0.5, 0.6) is 5.75 Å². The van der Waals surface area contributed by atoms with Crippen LogP contribution >= 0.6 is 11.6 Å². The van der Waals surface area contributed by atoms with E-state index in [4.69, 9.17) is 16.3 Å². The number of rotatable bonds is 8. The molecule has 2 aromatic rings. The van der Waals surface area contributed by atoms with Gasteiger partial charge >= 0.3 is 6.03 Å². The molecule has 32 heavy (non-hydrogen) atoms. The van der Waals surface area contributed by atoms with Crippen LogP contribution in [0.15, 0.2) is 42.5 Å². The van der Waals surface area contributed by atoms with Crippen LogP contribution in [0.4, 0.5) is 9.18 Å². The number of urea groups is 1. The Morgan fingerprint density at radius 1 is 1.19 bits per heavy atom. The zero-order chi connectivity index (χ0) is 23.5. The maximum Gasteiger partial charge on any atom is 0.325 e. The van der Waals surface area contributed by atoms with Crippen molar-refractivity contribution >= 4 is 29.4 Å². The minimum absolute atomic E-state index is 0.112. The summed E-state index contributed by atoms with van der Waals surface area (Å²) in [6, 6.07) is 10.5. The number of amides is 4. The molecule has 0 saturated carbocycles. The van der Waals surface area contributed by atoms with Crippen LogP contribution in [-0.4, -0.2) is 47.8 Å².